The Balaban J connectivity index is 3.70. The van der Waals surface area contributed by atoms with Crippen LogP contribution in [0.3, 0.4) is 0 Å². The van der Waals surface area contributed by atoms with Crippen LogP contribution < -0.4 is 5.73 Å². The summed E-state index contributed by atoms with van der Waals surface area (Å²) < 4.78 is 22.6. The van der Waals surface area contributed by atoms with Crippen LogP contribution in [-0.4, -0.2) is 50.5 Å². The molecular weight excluding hydrogens is 236 g/mol. The van der Waals surface area contributed by atoms with E-state index in [-0.39, 0.29) is 17.5 Å². The summed E-state index contributed by atoms with van der Waals surface area (Å²) in [6.07, 6.45) is 2.45. The van der Waals surface area contributed by atoms with Crippen LogP contribution in [0.5, 0.6) is 0 Å². The molecule has 0 aromatic rings. The fraction of sp³-hybridized carbons (Fsp3) is 1.00. The zero-order valence-electron chi connectivity index (χ0n) is 11.5. The average molecular weight is 264 g/mol. The van der Waals surface area contributed by atoms with Crippen molar-refractivity contribution in [3.8, 4) is 0 Å². The van der Waals surface area contributed by atoms with E-state index in [1.54, 1.807) is 6.92 Å². The lowest BCUT2D eigenvalue weighted by Crippen LogP contribution is -2.30. The van der Waals surface area contributed by atoms with E-state index in [9.17, 15) is 8.42 Å². The first-order chi connectivity index (χ1) is 7.95. The van der Waals surface area contributed by atoms with Crippen LogP contribution >= 0.6 is 0 Å². The van der Waals surface area contributed by atoms with Crippen LogP contribution in [0.1, 0.15) is 40.0 Å². The van der Waals surface area contributed by atoms with Gasteiger partial charge in [-0.05, 0) is 38.9 Å². The molecule has 0 aliphatic heterocycles. The van der Waals surface area contributed by atoms with Gasteiger partial charge in [0.25, 0.3) is 0 Å². The highest BCUT2D eigenvalue weighted by Crippen LogP contribution is 2.04. The van der Waals surface area contributed by atoms with Gasteiger partial charge < -0.3 is 10.6 Å². The molecule has 0 aliphatic rings. The highest BCUT2D eigenvalue weighted by atomic mass is 32.2. The lowest BCUT2D eigenvalue weighted by molar-refractivity contribution is 0.287. The molecule has 4 nitrogen and oxygen atoms in total. The van der Waals surface area contributed by atoms with Gasteiger partial charge in [-0.2, -0.15) is 0 Å². The number of nitrogens with zero attached hydrogens (tertiary/aromatic N) is 1. The van der Waals surface area contributed by atoms with Crippen molar-refractivity contribution in [2.75, 3.05) is 31.1 Å². The van der Waals surface area contributed by atoms with Gasteiger partial charge in [-0.1, -0.05) is 20.8 Å². The van der Waals surface area contributed by atoms with E-state index in [0.29, 0.717) is 6.42 Å². The summed E-state index contributed by atoms with van der Waals surface area (Å²) in [6, 6.07) is 0.127. The molecule has 1 atom stereocenters. The third-order valence-electron chi connectivity index (χ3n) is 3.18. The maximum absolute atomic E-state index is 11.3. The minimum atomic E-state index is -2.82. The van der Waals surface area contributed by atoms with E-state index < -0.39 is 9.84 Å². The van der Waals surface area contributed by atoms with E-state index in [1.807, 2.05) is 0 Å². The highest BCUT2D eigenvalue weighted by Gasteiger charge is 2.10. The third-order valence-corrected chi connectivity index (χ3v) is 4.97. The van der Waals surface area contributed by atoms with Crippen molar-refractivity contribution in [3.05, 3.63) is 0 Å². The van der Waals surface area contributed by atoms with Crippen LogP contribution in [0.15, 0.2) is 0 Å². The van der Waals surface area contributed by atoms with E-state index >= 15 is 0 Å². The molecule has 104 valence electrons. The molecule has 0 aromatic carbocycles. The molecular formula is C12H28N2O2S. The maximum atomic E-state index is 11.3. The molecule has 1 unspecified atom stereocenters. The van der Waals surface area contributed by atoms with E-state index in [0.717, 1.165) is 32.5 Å². The van der Waals surface area contributed by atoms with Crippen LogP contribution in [0, 0.1) is 0 Å². The predicted molar refractivity (Wildman–Crippen MR) is 73.9 cm³/mol. The Morgan fingerprint density at radius 1 is 1.12 bits per heavy atom. The minimum Gasteiger partial charge on any atom is -0.328 e. The zero-order chi connectivity index (χ0) is 13.3. The Bertz CT molecular complexity index is 274. The first-order valence-corrected chi connectivity index (χ1v) is 8.45. The maximum Gasteiger partial charge on any atom is 0.150 e. The lowest BCUT2D eigenvalue weighted by Gasteiger charge is -2.20. The molecule has 5 heteroatoms. The van der Waals surface area contributed by atoms with Gasteiger partial charge in [0.15, 0.2) is 0 Å². The fourth-order valence-electron chi connectivity index (χ4n) is 1.74. The number of hydrogen-bond acceptors (Lipinski definition) is 4. The van der Waals surface area contributed by atoms with Gasteiger partial charge in [-0.25, -0.2) is 8.42 Å². The van der Waals surface area contributed by atoms with E-state index in [2.05, 4.69) is 18.7 Å². The first-order valence-electron chi connectivity index (χ1n) is 6.63. The van der Waals surface area contributed by atoms with Crippen molar-refractivity contribution in [2.45, 2.75) is 46.1 Å². The Morgan fingerprint density at radius 3 is 2.18 bits per heavy atom. The number of rotatable bonds is 10. The molecule has 17 heavy (non-hydrogen) atoms. The third kappa shape index (κ3) is 8.57. The molecule has 0 spiro atoms. The van der Waals surface area contributed by atoms with Gasteiger partial charge >= 0.3 is 0 Å². The molecule has 0 aromatic heterocycles. The van der Waals surface area contributed by atoms with Crippen LogP contribution in [0.25, 0.3) is 0 Å². The Hall–Kier alpha value is -0.130. The second-order valence-corrected chi connectivity index (χ2v) is 6.93. The van der Waals surface area contributed by atoms with Crippen LogP contribution in [-0.2, 0) is 9.84 Å². The number of hydrogen-bond donors (Lipinski definition) is 1. The Kier molecular flexibility index (Phi) is 8.82. The summed E-state index contributed by atoms with van der Waals surface area (Å²) in [6.45, 7) is 9.08. The van der Waals surface area contributed by atoms with Crippen molar-refractivity contribution in [2.24, 2.45) is 5.73 Å². The second kappa shape index (κ2) is 8.89. The Labute approximate surface area is 106 Å². The summed E-state index contributed by atoms with van der Waals surface area (Å²) in [5, 5.41) is 0. The van der Waals surface area contributed by atoms with Crippen molar-refractivity contribution in [3.63, 3.8) is 0 Å². The normalized spacial score (nSPS) is 14.2. The van der Waals surface area contributed by atoms with Gasteiger partial charge in [0.05, 0.1) is 5.75 Å². The van der Waals surface area contributed by atoms with Crippen LogP contribution in [0.2, 0.25) is 0 Å². The fourth-order valence-corrected chi connectivity index (χ4v) is 2.64. The summed E-state index contributed by atoms with van der Waals surface area (Å²) in [4.78, 5) is 2.34. The molecule has 0 bridgehead atoms. The SMILES string of the molecule is CCN(CC)CCC(N)CCCS(=O)(=O)CC. The van der Waals surface area contributed by atoms with Crippen molar-refractivity contribution >= 4 is 9.84 Å². The van der Waals surface area contributed by atoms with Crippen LogP contribution in [0.4, 0.5) is 0 Å². The first kappa shape index (κ1) is 16.9. The minimum absolute atomic E-state index is 0.127. The molecule has 0 fully saturated rings. The predicted octanol–water partition coefficient (Wildman–Crippen LogP) is 1.26. The van der Waals surface area contributed by atoms with Crippen molar-refractivity contribution < 1.29 is 8.42 Å². The van der Waals surface area contributed by atoms with Crippen molar-refractivity contribution in [1.82, 2.24) is 4.90 Å². The molecule has 0 amide bonds. The standard InChI is InChI=1S/C12H28N2O2S/c1-4-14(5-2)10-9-12(13)8-7-11-17(15,16)6-3/h12H,4-11,13H2,1-3H3. The monoisotopic (exact) mass is 264 g/mol. The highest BCUT2D eigenvalue weighted by molar-refractivity contribution is 7.91. The smallest absolute Gasteiger partial charge is 0.150 e. The number of nitrogens with two attached hydrogens (primary N) is 1. The summed E-state index contributed by atoms with van der Waals surface area (Å²) >= 11 is 0. The quantitative estimate of drug-likeness (QED) is 0.645. The summed E-state index contributed by atoms with van der Waals surface area (Å²) in [5.41, 5.74) is 5.98. The van der Waals surface area contributed by atoms with E-state index in [4.69, 9.17) is 5.73 Å². The van der Waals surface area contributed by atoms with Gasteiger partial charge in [0.2, 0.25) is 0 Å². The van der Waals surface area contributed by atoms with Crippen molar-refractivity contribution in [1.29, 1.82) is 0 Å². The molecule has 0 heterocycles. The summed E-state index contributed by atoms with van der Waals surface area (Å²) in [5.74, 6) is 0.518. The van der Waals surface area contributed by atoms with Gasteiger partial charge in [-0.3, -0.25) is 0 Å². The Morgan fingerprint density at radius 2 is 1.71 bits per heavy atom. The molecule has 0 saturated heterocycles. The molecule has 0 saturated carbocycles. The molecule has 2 N–H and O–H groups in total. The average Bonchev–Trinajstić information content (AvgIpc) is 2.30. The van der Waals surface area contributed by atoms with E-state index in [1.165, 1.54) is 0 Å². The number of sulfone groups is 1. The topological polar surface area (TPSA) is 63.4 Å². The van der Waals surface area contributed by atoms with Gasteiger partial charge in [0.1, 0.15) is 9.84 Å². The molecule has 0 radical (unpaired) electrons. The largest absolute Gasteiger partial charge is 0.328 e. The molecule has 0 rings (SSSR count). The summed E-state index contributed by atoms with van der Waals surface area (Å²) in [7, 11) is -2.82. The lowest BCUT2D eigenvalue weighted by atomic mass is 10.1. The van der Waals surface area contributed by atoms with Gasteiger partial charge in [0, 0.05) is 11.8 Å². The van der Waals surface area contributed by atoms with Gasteiger partial charge in [-0.15, -0.1) is 0 Å². The second-order valence-electron chi connectivity index (χ2n) is 4.45. The molecule has 0 aliphatic carbocycles. The zero-order valence-corrected chi connectivity index (χ0v) is 12.3.